The van der Waals surface area contributed by atoms with Gasteiger partial charge in [-0.3, -0.25) is 0 Å². The summed E-state index contributed by atoms with van der Waals surface area (Å²) in [5.41, 5.74) is 8.06. The van der Waals surface area contributed by atoms with Crippen molar-refractivity contribution in [1.82, 2.24) is 5.59 Å². The molecule has 1 aromatic rings. The summed E-state index contributed by atoms with van der Waals surface area (Å²) in [6.45, 7) is 0. The highest BCUT2D eigenvalue weighted by Gasteiger charge is 2.41. The minimum atomic E-state index is -5.05. The van der Waals surface area contributed by atoms with Gasteiger partial charge in [-0.2, -0.15) is 18.3 Å². The predicted molar refractivity (Wildman–Crippen MR) is 53.7 cm³/mol. The van der Waals surface area contributed by atoms with E-state index in [1.165, 1.54) is 11.8 Å². The highest BCUT2D eigenvalue weighted by molar-refractivity contribution is 5.80. The Morgan fingerprint density at radius 3 is 2.47 bits per heavy atom. The number of rotatable bonds is 3. The topological polar surface area (TPSA) is 76.7 Å². The van der Waals surface area contributed by atoms with E-state index in [0.717, 1.165) is 0 Å². The summed E-state index contributed by atoms with van der Waals surface area (Å²) in [6.07, 6.45) is -3.88. The van der Waals surface area contributed by atoms with Gasteiger partial charge in [-0.15, -0.1) is 5.59 Å². The lowest BCUT2D eigenvalue weighted by molar-refractivity contribution is -0.206. The molecule has 1 rings (SSSR count). The van der Waals surface area contributed by atoms with Crippen molar-refractivity contribution >= 4 is 17.9 Å². The molecule has 0 heterocycles. The van der Waals surface area contributed by atoms with Crippen LogP contribution in [-0.2, 0) is 9.63 Å². The first kappa shape index (κ1) is 12.8. The Hall–Kier alpha value is -2.25. The Kier molecular flexibility index (Phi) is 3.91. The Labute approximate surface area is 94.0 Å². The molecule has 0 aromatic heterocycles. The number of alkyl halides is 3. The first-order chi connectivity index (χ1) is 7.89. The van der Waals surface area contributed by atoms with Crippen molar-refractivity contribution in [2.45, 2.75) is 6.18 Å². The van der Waals surface area contributed by atoms with Crippen LogP contribution in [0, 0.1) is 0 Å². The van der Waals surface area contributed by atoms with Gasteiger partial charge in [0.1, 0.15) is 0 Å². The van der Waals surface area contributed by atoms with Crippen LogP contribution in [0.5, 0.6) is 0 Å². The van der Waals surface area contributed by atoms with E-state index in [9.17, 15) is 18.0 Å². The molecular formula is C9H8F3N3O2. The van der Waals surface area contributed by atoms with E-state index in [1.807, 2.05) is 0 Å². The summed E-state index contributed by atoms with van der Waals surface area (Å²) < 4.78 is 35.0. The second-order valence-electron chi connectivity index (χ2n) is 2.90. The molecule has 0 saturated heterocycles. The average molecular weight is 247 g/mol. The number of nitrogens with two attached hydrogens (primary N) is 1. The van der Waals surface area contributed by atoms with Crippen LogP contribution in [0.2, 0.25) is 0 Å². The lowest BCUT2D eigenvalue weighted by atomic mass is 10.2. The monoisotopic (exact) mass is 247 g/mol. The van der Waals surface area contributed by atoms with E-state index in [0.29, 0.717) is 11.3 Å². The van der Waals surface area contributed by atoms with Crippen LogP contribution in [0.25, 0.3) is 0 Å². The normalized spacial score (nSPS) is 11.5. The molecule has 17 heavy (non-hydrogen) atoms. The number of hydrazone groups is 1. The van der Waals surface area contributed by atoms with Gasteiger partial charge in [0.15, 0.2) is 0 Å². The third-order valence-corrected chi connectivity index (χ3v) is 1.57. The number of nitrogens with zero attached hydrogens (tertiary/aromatic N) is 1. The van der Waals surface area contributed by atoms with Crippen LogP contribution in [0.4, 0.5) is 18.9 Å². The van der Waals surface area contributed by atoms with Crippen LogP contribution in [0.3, 0.4) is 0 Å². The minimum absolute atomic E-state index is 0.540. The van der Waals surface area contributed by atoms with E-state index in [4.69, 9.17) is 5.73 Å². The molecule has 0 bridgehead atoms. The number of carbonyl (C=O) groups is 1. The molecular weight excluding hydrogens is 239 g/mol. The van der Waals surface area contributed by atoms with E-state index in [-0.39, 0.29) is 0 Å². The maximum Gasteiger partial charge on any atom is 0.493 e. The molecule has 0 fully saturated rings. The van der Waals surface area contributed by atoms with Gasteiger partial charge >= 0.3 is 12.1 Å². The number of benzene rings is 1. The smallest absolute Gasteiger partial charge is 0.399 e. The van der Waals surface area contributed by atoms with Gasteiger partial charge < -0.3 is 10.6 Å². The number of anilines is 1. The van der Waals surface area contributed by atoms with Crippen LogP contribution in [0.1, 0.15) is 5.56 Å². The van der Waals surface area contributed by atoms with Gasteiger partial charge in [0, 0.05) is 5.69 Å². The lowest BCUT2D eigenvalue weighted by Gasteiger charge is -2.03. The second kappa shape index (κ2) is 5.19. The molecule has 0 atom stereocenters. The summed E-state index contributed by atoms with van der Waals surface area (Å²) in [7, 11) is 0. The molecule has 0 aliphatic rings. The predicted octanol–water partition coefficient (Wildman–Crippen LogP) is 1.21. The van der Waals surface area contributed by atoms with Gasteiger partial charge in [-0.05, 0) is 17.7 Å². The van der Waals surface area contributed by atoms with Crippen molar-refractivity contribution < 1.29 is 22.8 Å². The third-order valence-electron chi connectivity index (χ3n) is 1.57. The number of halogens is 3. The Bertz CT molecular complexity index is 414. The fourth-order valence-corrected chi connectivity index (χ4v) is 0.809. The molecule has 0 amide bonds. The molecule has 1 aromatic carbocycles. The second-order valence-corrected chi connectivity index (χ2v) is 2.90. The summed E-state index contributed by atoms with van der Waals surface area (Å²) >= 11 is 0. The van der Waals surface area contributed by atoms with Gasteiger partial charge in [-0.25, -0.2) is 4.79 Å². The third kappa shape index (κ3) is 4.41. The molecule has 0 radical (unpaired) electrons. The zero-order valence-electron chi connectivity index (χ0n) is 8.36. The maximum absolute atomic E-state index is 11.7. The first-order valence-electron chi connectivity index (χ1n) is 4.31. The fraction of sp³-hybridized carbons (Fsp3) is 0.111. The number of hydrogen-bond donors (Lipinski definition) is 2. The number of carbonyl (C=O) groups excluding carboxylic acids is 1. The molecule has 0 unspecified atom stereocenters. The number of nitrogen functional groups attached to an aromatic ring is 1. The summed E-state index contributed by atoms with van der Waals surface area (Å²) in [5, 5.41) is 3.27. The Morgan fingerprint density at radius 2 is 1.94 bits per heavy atom. The van der Waals surface area contributed by atoms with Gasteiger partial charge in [0.25, 0.3) is 0 Å². The number of nitrogens with one attached hydrogen (secondary N) is 1. The zero-order chi connectivity index (χ0) is 12.9. The Balaban J connectivity index is 2.41. The largest absolute Gasteiger partial charge is 0.493 e. The van der Waals surface area contributed by atoms with Gasteiger partial charge in [-0.1, -0.05) is 12.1 Å². The molecule has 5 nitrogen and oxygen atoms in total. The average Bonchev–Trinajstić information content (AvgIpc) is 2.25. The molecule has 0 aliphatic carbocycles. The molecule has 3 N–H and O–H groups in total. The molecule has 92 valence electrons. The fourth-order valence-electron chi connectivity index (χ4n) is 0.809. The lowest BCUT2D eigenvalue weighted by Crippen LogP contribution is -2.29. The van der Waals surface area contributed by atoms with Crippen molar-refractivity contribution in [2.75, 3.05) is 5.73 Å². The van der Waals surface area contributed by atoms with Gasteiger partial charge in [0.2, 0.25) is 0 Å². The Morgan fingerprint density at radius 1 is 1.35 bits per heavy atom. The molecule has 0 spiro atoms. The zero-order valence-corrected chi connectivity index (χ0v) is 8.36. The summed E-state index contributed by atoms with van der Waals surface area (Å²) in [6, 6.07) is 6.35. The number of hydrogen-bond acceptors (Lipinski definition) is 5. The summed E-state index contributed by atoms with van der Waals surface area (Å²) in [5.74, 6) is -2.37. The van der Waals surface area contributed by atoms with Crippen molar-refractivity contribution in [3.63, 3.8) is 0 Å². The van der Waals surface area contributed by atoms with Gasteiger partial charge in [0.05, 0.1) is 6.21 Å². The van der Waals surface area contributed by atoms with Crippen LogP contribution in [-0.4, -0.2) is 18.4 Å². The maximum atomic E-state index is 11.7. The van der Waals surface area contributed by atoms with E-state index in [2.05, 4.69) is 9.94 Å². The molecule has 0 aliphatic heterocycles. The first-order valence-corrected chi connectivity index (χ1v) is 4.31. The van der Waals surface area contributed by atoms with E-state index < -0.39 is 12.1 Å². The summed E-state index contributed by atoms with van der Waals surface area (Å²) in [4.78, 5) is 13.8. The van der Waals surface area contributed by atoms with Crippen molar-refractivity contribution in [1.29, 1.82) is 0 Å². The minimum Gasteiger partial charge on any atom is -0.399 e. The quantitative estimate of drug-likeness (QED) is 0.478. The van der Waals surface area contributed by atoms with E-state index >= 15 is 0 Å². The van der Waals surface area contributed by atoms with E-state index in [1.54, 1.807) is 24.3 Å². The SMILES string of the molecule is Nc1ccc(/C=N/NOC(=O)C(F)(F)F)cc1. The molecule has 8 heteroatoms. The van der Waals surface area contributed by atoms with Crippen molar-refractivity contribution in [3.05, 3.63) is 29.8 Å². The molecule has 0 saturated carbocycles. The highest BCUT2D eigenvalue weighted by atomic mass is 19.4. The van der Waals surface area contributed by atoms with Crippen molar-refractivity contribution in [2.24, 2.45) is 5.10 Å². The standard InChI is InChI=1S/C9H8F3N3O2/c10-9(11,12)8(16)17-15-14-5-6-1-3-7(13)4-2-6/h1-5,15H,13H2/b14-5+. The highest BCUT2D eigenvalue weighted by Crippen LogP contribution is 2.15. The van der Waals surface area contributed by atoms with Crippen LogP contribution < -0.4 is 11.3 Å². The van der Waals surface area contributed by atoms with Crippen LogP contribution in [0.15, 0.2) is 29.4 Å². The van der Waals surface area contributed by atoms with Crippen molar-refractivity contribution in [3.8, 4) is 0 Å². The van der Waals surface area contributed by atoms with Crippen LogP contribution >= 0.6 is 0 Å².